The summed E-state index contributed by atoms with van der Waals surface area (Å²) in [6.45, 7) is 0.188. The van der Waals surface area contributed by atoms with Crippen molar-refractivity contribution in [1.29, 1.82) is 0 Å². The minimum atomic E-state index is -0.636. The monoisotopic (exact) mass is 264 g/mol. The Morgan fingerprint density at radius 3 is 2.74 bits per heavy atom. The molecule has 1 N–H and O–H groups in total. The molecular formula is C10H12N6O3. The highest BCUT2D eigenvalue weighted by atomic mass is 16.6. The van der Waals surface area contributed by atoms with E-state index in [1.807, 2.05) is 0 Å². The molecule has 0 aromatic carbocycles. The number of nitrogens with zero attached hydrogens (tertiary/aromatic N) is 5. The number of hydrogen-bond donors (Lipinski definition) is 1. The molecule has 0 atom stereocenters. The fourth-order valence-corrected chi connectivity index (χ4v) is 1.58. The van der Waals surface area contributed by atoms with Gasteiger partial charge in [0, 0.05) is 20.3 Å². The van der Waals surface area contributed by atoms with Gasteiger partial charge in [-0.15, -0.1) is 0 Å². The van der Waals surface area contributed by atoms with Crippen molar-refractivity contribution in [1.82, 2.24) is 24.9 Å². The Morgan fingerprint density at radius 1 is 1.42 bits per heavy atom. The van der Waals surface area contributed by atoms with Crippen molar-refractivity contribution in [2.75, 3.05) is 0 Å². The highest BCUT2D eigenvalue weighted by Gasteiger charge is 2.24. The molecule has 0 fully saturated rings. The lowest BCUT2D eigenvalue weighted by Crippen LogP contribution is -2.24. The van der Waals surface area contributed by atoms with Crippen LogP contribution in [0.1, 0.15) is 16.2 Å². The zero-order chi connectivity index (χ0) is 14.0. The quantitative estimate of drug-likeness (QED) is 0.617. The van der Waals surface area contributed by atoms with Gasteiger partial charge in [0.25, 0.3) is 5.91 Å². The number of carbonyl (C=O) groups is 1. The summed E-state index contributed by atoms with van der Waals surface area (Å²) < 4.78 is 2.83. The van der Waals surface area contributed by atoms with Crippen molar-refractivity contribution >= 4 is 11.6 Å². The molecule has 19 heavy (non-hydrogen) atoms. The lowest BCUT2D eigenvalue weighted by Gasteiger charge is -2.00. The van der Waals surface area contributed by atoms with E-state index < -0.39 is 10.8 Å². The van der Waals surface area contributed by atoms with Gasteiger partial charge in [-0.2, -0.15) is 10.2 Å². The predicted molar refractivity (Wildman–Crippen MR) is 64.2 cm³/mol. The molecule has 0 spiro atoms. The second kappa shape index (κ2) is 4.88. The van der Waals surface area contributed by atoms with Crippen molar-refractivity contribution < 1.29 is 9.72 Å². The Morgan fingerprint density at radius 2 is 2.16 bits per heavy atom. The highest BCUT2D eigenvalue weighted by Crippen LogP contribution is 2.15. The number of nitrogens with one attached hydrogen (secondary N) is 1. The first-order valence-electron chi connectivity index (χ1n) is 5.42. The maximum atomic E-state index is 11.8. The van der Waals surface area contributed by atoms with Gasteiger partial charge in [0.05, 0.1) is 17.2 Å². The van der Waals surface area contributed by atoms with Crippen molar-refractivity contribution in [3.05, 3.63) is 40.0 Å². The van der Waals surface area contributed by atoms with Crippen LogP contribution < -0.4 is 5.32 Å². The summed E-state index contributed by atoms with van der Waals surface area (Å²) >= 11 is 0. The summed E-state index contributed by atoms with van der Waals surface area (Å²) in [5.41, 5.74) is 0.138. The standard InChI is InChI=1S/C10H12N6O3/c1-14-4-3-7(12-14)5-11-10(17)9-8(16(18)19)6-15(2)13-9/h3-4,6H,5H2,1-2H3,(H,11,17). The van der Waals surface area contributed by atoms with E-state index in [-0.39, 0.29) is 17.9 Å². The Labute approximate surface area is 108 Å². The van der Waals surface area contributed by atoms with Gasteiger partial charge in [-0.05, 0) is 6.07 Å². The van der Waals surface area contributed by atoms with Gasteiger partial charge in [0.2, 0.25) is 5.69 Å². The fourth-order valence-electron chi connectivity index (χ4n) is 1.58. The Balaban J connectivity index is 2.09. The molecule has 100 valence electrons. The zero-order valence-corrected chi connectivity index (χ0v) is 10.4. The second-order valence-corrected chi connectivity index (χ2v) is 3.96. The number of carbonyl (C=O) groups excluding carboxylic acids is 1. The number of aryl methyl sites for hydroxylation is 2. The molecule has 2 rings (SSSR count). The van der Waals surface area contributed by atoms with E-state index in [4.69, 9.17) is 0 Å². The second-order valence-electron chi connectivity index (χ2n) is 3.96. The fraction of sp³-hybridized carbons (Fsp3) is 0.300. The van der Waals surface area contributed by atoms with Gasteiger partial charge in [-0.1, -0.05) is 0 Å². The third-order valence-corrected chi connectivity index (χ3v) is 2.42. The molecule has 1 amide bonds. The smallest absolute Gasteiger partial charge is 0.320 e. The molecular weight excluding hydrogens is 252 g/mol. The third kappa shape index (κ3) is 2.76. The first kappa shape index (κ1) is 12.7. The van der Waals surface area contributed by atoms with Crippen LogP contribution in [0, 0.1) is 10.1 Å². The minimum absolute atomic E-state index is 0.188. The first-order valence-corrected chi connectivity index (χ1v) is 5.42. The molecule has 9 heteroatoms. The number of amides is 1. The first-order chi connectivity index (χ1) is 8.97. The number of rotatable bonds is 4. The zero-order valence-electron chi connectivity index (χ0n) is 10.4. The number of hydrogen-bond acceptors (Lipinski definition) is 5. The van der Waals surface area contributed by atoms with Crippen molar-refractivity contribution in [2.45, 2.75) is 6.54 Å². The molecule has 0 aliphatic rings. The van der Waals surface area contributed by atoms with Crippen LogP contribution in [0.5, 0.6) is 0 Å². The van der Waals surface area contributed by atoms with Crippen molar-refractivity contribution in [2.24, 2.45) is 14.1 Å². The van der Waals surface area contributed by atoms with Crippen LogP contribution in [0.2, 0.25) is 0 Å². The maximum absolute atomic E-state index is 11.8. The lowest BCUT2D eigenvalue weighted by atomic mass is 10.3. The van der Waals surface area contributed by atoms with Gasteiger partial charge in [-0.3, -0.25) is 24.3 Å². The van der Waals surface area contributed by atoms with E-state index in [9.17, 15) is 14.9 Å². The van der Waals surface area contributed by atoms with Gasteiger partial charge in [0.1, 0.15) is 6.20 Å². The molecule has 0 bridgehead atoms. The van der Waals surface area contributed by atoms with Gasteiger partial charge in [0.15, 0.2) is 0 Å². The normalized spacial score (nSPS) is 10.4. The van der Waals surface area contributed by atoms with Crippen molar-refractivity contribution in [3.8, 4) is 0 Å². The van der Waals surface area contributed by atoms with E-state index in [0.29, 0.717) is 5.69 Å². The highest BCUT2D eigenvalue weighted by molar-refractivity contribution is 5.95. The summed E-state index contributed by atoms with van der Waals surface area (Å²) in [6.07, 6.45) is 2.93. The molecule has 9 nitrogen and oxygen atoms in total. The largest absolute Gasteiger partial charge is 0.345 e. The van der Waals surface area contributed by atoms with Crippen LogP contribution in [-0.4, -0.2) is 30.4 Å². The van der Waals surface area contributed by atoms with Crippen LogP contribution in [0.15, 0.2) is 18.5 Å². The van der Waals surface area contributed by atoms with Crippen molar-refractivity contribution in [3.63, 3.8) is 0 Å². The molecule has 0 aliphatic carbocycles. The van der Waals surface area contributed by atoms with E-state index in [2.05, 4.69) is 15.5 Å². The lowest BCUT2D eigenvalue weighted by molar-refractivity contribution is -0.385. The molecule has 0 aliphatic heterocycles. The van der Waals surface area contributed by atoms with Crippen LogP contribution in [0.25, 0.3) is 0 Å². The Hall–Kier alpha value is -2.71. The summed E-state index contributed by atoms with van der Waals surface area (Å²) in [5.74, 6) is -0.599. The van der Waals surface area contributed by atoms with Gasteiger partial charge in [-0.25, -0.2) is 0 Å². The molecule has 2 heterocycles. The number of nitro groups is 1. The molecule has 0 saturated carbocycles. The van der Waals surface area contributed by atoms with E-state index in [1.54, 1.807) is 24.0 Å². The van der Waals surface area contributed by atoms with Gasteiger partial charge >= 0.3 is 5.69 Å². The molecule has 0 radical (unpaired) electrons. The van der Waals surface area contributed by atoms with E-state index >= 15 is 0 Å². The maximum Gasteiger partial charge on any atom is 0.320 e. The van der Waals surface area contributed by atoms with Crippen LogP contribution in [0.4, 0.5) is 5.69 Å². The topological polar surface area (TPSA) is 108 Å². The van der Waals surface area contributed by atoms with Crippen LogP contribution in [0.3, 0.4) is 0 Å². The molecule has 2 aromatic heterocycles. The summed E-state index contributed by atoms with van der Waals surface area (Å²) in [5, 5.41) is 21.2. The molecule has 0 unspecified atom stereocenters. The van der Waals surface area contributed by atoms with Crippen LogP contribution in [-0.2, 0) is 20.6 Å². The van der Waals surface area contributed by atoms with Gasteiger partial charge < -0.3 is 5.32 Å². The summed E-state index contributed by atoms with van der Waals surface area (Å²) in [6, 6.07) is 1.74. The molecule has 0 saturated heterocycles. The molecule has 2 aromatic rings. The van der Waals surface area contributed by atoms with E-state index in [1.165, 1.54) is 17.9 Å². The predicted octanol–water partition coefficient (Wildman–Crippen LogP) is -0.00820. The average Bonchev–Trinajstić information content (AvgIpc) is 2.92. The summed E-state index contributed by atoms with van der Waals surface area (Å²) in [4.78, 5) is 22.0. The Bertz CT molecular complexity index is 629. The Kier molecular flexibility index (Phi) is 3.27. The van der Waals surface area contributed by atoms with Crippen LogP contribution >= 0.6 is 0 Å². The minimum Gasteiger partial charge on any atom is -0.345 e. The van der Waals surface area contributed by atoms with E-state index in [0.717, 1.165) is 0 Å². The summed E-state index contributed by atoms with van der Waals surface area (Å²) in [7, 11) is 3.28. The number of aromatic nitrogens is 4. The SMILES string of the molecule is Cn1ccc(CNC(=O)c2nn(C)cc2[N+](=O)[O-])n1. The average molecular weight is 264 g/mol. The third-order valence-electron chi connectivity index (χ3n) is 2.42.